The molecule has 1 aliphatic heterocycles. The SMILES string of the molecule is CC1CC(Nc2c(Cl)cc(N)cc2C(=O)O)CCN1C. The molecule has 0 radical (unpaired) electrons. The quantitative estimate of drug-likeness (QED) is 0.747. The van der Waals surface area contributed by atoms with Gasteiger partial charge in [-0.1, -0.05) is 11.6 Å². The van der Waals surface area contributed by atoms with Crippen LogP contribution in [0.15, 0.2) is 12.1 Å². The van der Waals surface area contributed by atoms with Crippen molar-refractivity contribution in [2.45, 2.75) is 31.8 Å². The van der Waals surface area contributed by atoms with Crippen molar-refractivity contribution < 1.29 is 9.90 Å². The summed E-state index contributed by atoms with van der Waals surface area (Å²) < 4.78 is 0. The number of rotatable bonds is 3. The number of nitrogens with zero attached hydrogens (tertiary/aromatic N) is 1. The second-order valence-corrected chi connectivity index (χ2v) is 5.83. The highest BCUT2D eigenvalue weighted by Gasteiger charge is 2.25. The van der Waals surface area contributed by atoms with Gasteiger partial charge in [-0.2, -0.15) is 0 Å². The number of nitrogens with one attached hydrogen (secondary N) is 1. The van der Waals surface area contributed by atoms with Gasteiger partial charge in [0.25, 0.3) is 0 Å². The van der Waals surface area contributed by atoms with Crippen LogP contribution < -0.4 is 11.1 Å². The third-order valence-corrected chi connectivity index (χ3v) is 4.20. The molecular weight excluding hydrogens is 278 g/mol. The Labute approximate surface area is 123 Å². The summed E-state index contributed by atoms with van der Waals surface area (Å²) in [7, 11) is 2.10. The molecule has 0 aromatic heterocycles. The van der Waals surface area contributed by atoms with E-state index in [1.807, 2.05) is 0 Å². The molecule has 0 saturated carbocycles. The Morgan fingerprint density at radius 1 is 1.55 bits per heavy atom. The molecule has 0 amide bonds. The minimum Gasteiger partial charge on any atom is -0.478 e. The first-order valence-corrected chi connectivity index (χ1v) is 7.05. The fourth-order valence-corrected chi connectivity index (χ4v) is 2.85. The monoisotopic (exact) mass is 297 g/mol. The van der Waals surface area contributed by atoms with Gasteiger partial charge in [0, 0.05) is 24.3 Å². The molecule has 2 atom stereocenters. The predicted molar refractivity (Wildman–Crippen MR) is 81.6 cm³/mol. The molecule has 1 saturated heterocycles. The van der Waals surface area contributed by atoms with E-state index in [0.717, 1.165) is 19.4 Å². The lowest BCUT2D eigenvalue weighted by Crippen LogP contribution is -2.42. The van der Waals surface area contributed by atoms with E-state index in [9.17, 15) is 9.90 Å². The van der Waals surface area contributed by atoms with Crippen molar-refractivity contribution in [3.63, 3.8) is 0 Å². The average molecular weight is 298 g/mol. The average Bonchev–Trinajstić information content (AvgIpc) is 2.36. The number of piperidine rings is 1. The maximum Gasteiger partial charge on any atom is 0.337 e. The third-order valence-electron chi connectivity index (χ3n) is 3.90. The first kappa shape index (κ1) is 14.9. The zero-order valence-corrected chi connectivity index (χ0v) is 12.4. The Morgan fingerprint density at radius 2 is 2.25 bits per heavy atom. The molecule has 1 aliphatic rings. The molecule has 1 heterocycles. The molecule has 5 nitrogen and oxygen atoms in total. The van der Waals surface area contributed by atoms with Crippen LogP contribution in [0.3, 0.4) is 0 Å². The summed E-state index contributed by atoms with van der Waals surface area (Å²) >= 11 is 6.15. The zero-order valence-electron chi connectivity index (χ0n) is 11.7. The Balaban J connectivity index is 2.23. The maximum atomic E-state index is 11.3. The predicted octanol–water partition coefficient (Wildman–Crippen LogP) is 2.52. The molecule has 6 heteroatoms. The van der Waals surface area contributed by atoms with Crippen LogP contribution in [-0.2, 0) is 0 Å². The van der Waals surface area contributed by atoms with Gasteiger partial charge in [0.15, 0.2) is 0 Å². The first-order chi connectivity index (χ1) is 9.38. The second kappa shape index (κ2) is 5.89. The number of benzene rings is 1. The van der Waals surface area contributed by atoms with Crippen molar-refractivity contribution in [1.29, 1.82) is 0 Å². The molecule has 110 valence electrons. The van der Waals surface area contributed by atoms with Gasteiger partial charge in [-0.05, 0) is 38.9 Å². The smallest absolute Gasteiger partial charge is 0.337 e. The van der Waals surface area contributed by atoms with Gasteiger partial charge in [0.1, 0.15) is 0 Å². The number of carbonyl (C=O) groups is 1. The highest BCUT2D eigenvalue weighted by Crippen LogP contribution is 2.31. The molecule has 0 spiro atoms. The largest absolute Gasteiger partial charge is 0.478 e. The number of nitrogens with two attached hydrogens (primary N) is 1. The number of halogens is 1. The lowest BCUT2D eigenvalue weighted by Gasteiger charge is -2.36. The molecule has 2 unspecified atom stereocenters. The number of aromatic carboxylic acids is 1. The number of hydrogen-bond donors (Lipinski definition) is 3. The molecule has 1 fully saturated rings. The summed E-state index contributed by atoms with van der Waals surface area (Å²) in [5, 5.41) is 12.9. The molecular formula is C14H20ClN3O2. The van der Waals surface area contributed by atoms with E-state index in [-0.39, 0.29) is 11.6 Å². The van der Waals surface area contributed by atoms with Gasteiger partial charge in [0.05, 0.1) is 16.3 Å². The topological polar surface area (TPSA) is 78.6 Å². The number of carboxylic acid groups (broad SMARTS) is 1. The fraction of sp³-hybridized carbons (Fsp3) is 0.500. The van der Waals surface area contributed by atoms with Crippen LogP contribution in [0.5, 0.6) is 0 Å². The van der Waals surface area contributed by atoms with E-state index in [4.69, 9.17) is 17.3 Å². The van der Waals surface area contributed by atoms with E-state index in [1.54, 1.807) is 6.07 Å². The van der Waals surface area contributed by atoms with E-state index in [1.165, 1.54) is 6.07 Å². The summed E-state index contributed by atoms with van der Waals surface area (Å²) in [6, 6.07) is 3.70. The van der Waals surface area contributed by atoms with Crippen LogP contribution in [0.2, 0.25) is 5.02 Å². The highest BCUT2D eigenvalue weighted by molar-refractivity contribution is 6.34. The summed E-state index contributed by atoms with van der Waals surface area (Å²) in [6.07, 6.45) is 1.91. The number of hydrogen-bond acceptors (Lipinski definition) is 4. The van der Waals surface area contributed by atoms with Crippen LogP contribution >= 0.6 is 11.6 Å². The second-order valence-electron chi connectivity index (χ2n) is 5.43. The standard InChI is InChI=1S/C14H20ClN3O2/c1-8-5-10(3-4-18(8)2)17-13-11(14(19)20)6-9(16)7-12(13)15/h6-8,10,17H,3-5,16H2,1-2H3,(H,19,20). The van der Waals surface area contributed by atoms with Crippen molar-refractivity contribution in [1.82, 2.24) is 4.90 Å². The Hall–Kier alpha value is -1.46. The summed E-state index contributed by atoms with van der Waals surface area (Å²) in [5.41, 5.74) is 6.61. The summed E-state index contributed by atoms with van der Waals surface area (Å²) in [4.78, 5) is 13.6. The number of anilines is 2. The van der Waals surface area contributed by atoms with E-state index < -0.39 is 5.97 Å². The number of likely N-dealkylation sites (tertiary alicyclic amines) is 1. The van der Waals surface area contributed by atoms with Gasteiger partial charge in [-0.15, -0.1) is 0 Å². The van der Waals surface area contributed by atoms with Gasteiger partial charge < -0.3 is 21.1 Å². The van der Waals surface area contributed by atoms with Crippen molar-refractivity contribution in [2.24, 2.45) is 0 Å². The molecule has 1 aromatic carbocycles. The lowest BCUT2D eigenvalue weighted by molar-refractivity contribution is 0.0698. The minimum atomic E-state index is -1.03. The first-order valence-electron chi connectivity index (χ1n) is 6.67. The Bertz CT molecular complexity index is 521. The van der Waals surface area contributed by atoms with Crippen molar-refractivity contribution in [3.05, 3.63) is 22.7 Å². The van der Waals surface area contributed by atoms with Gasteiger partial charge in [-0.3, -0.25) is 0 Å². The van der Waals surface area contributed by atoms with Crippen LogP contribution in [0.1, 0.15) is 30.1 Å². The van der Waals surface area contributed by atoms with Gasteiger partial charge in [0.2, 0.25) is 0 Å². The van der Waals surface area contributed by atoms with Crippen molar-refractivity contribution in [3.8, 4) is 0 Å². The molecule has 0 bridgehead atoms. The molecule has 20 heavy (non-hydrogen) atoms. The van der Waals surface area contributed by atoms with E-state index >= 15 is 0 Å². The number of carboxylic acids is 1. The van der Waals surface area contributed by atoms with Crippen LogP contribution in [0.4, 0.5) is 11.4 Å². The zero-order chi connectivity index (χ0) is 14.9. The lowest BCUT2D eigenvalue weighted by atomic mass is 9.98. The molecule has 1 aromatic rings. The van der Waals surface area contributed by atoms with Crippen LogP contribution in [-0.4, -0.2) is 41.7 Å². The Kier molecular flexibility index (Phi) is 4.40. The Morgan fingerprint density at radius 3 is 2.85 bits per heavy atom. The summed E-state index contributed by atoms with van der Waals surface area (Å²) in [6.45, 7) is 3.14. The molecule has 0 aliphatic carbocycles. The van der Waals surface area contributed by atoms with E-state index in [2.05, 4.69) is 24.2 Å². The van der Waals surface area contributed by atoms with E-state index in [0.29, 0.717) is 22.4 Å². The highest BCUT2D eigenvalue weighted by atomic mass is 35.5. The third kappa shape index (κ3) is 3.16. The van der Waals surface area contributed by atoms with Crippen LogP contribution in [0, 0.1) is 0 Å². The number of nitrogen functional groups attached to an aromatic ring is 1. The summed E-state index contributed by atoms with van der Waals surface area (Å²) in [5.74, 6) is -1.03. The molecule has 4 N–H and O–H groups in total. The fourth-order valence-electron chi connectivity index (χ4n) is 2.57. The molecule has 2 rings (SSSR count). The van der Waals surface area contributed by atoms with Crippen molar-refractivity contribution in [2.75, 3.05) is 24.6 Å². The van der Waals surface area contributed by atoms with Gasteiger partial charge in [-0.25, -0.2) is 4.79 Å². The van der Waals surface area contributed by atoms with Crippen molar-refractivity contribution >= 4 is 28.9 Å². The minimum absolute atomic E-state index is 0.126. The van der Waals surface area contributed by atoms with Gasteiger partial charge >= 0.3 is 5.97 Å². The maximum absolute atomic E-state index is 11.3. The normalized spacial score (nSPS) is 23.6. The van der Waals surface area contributed by atoms with Crippen LogP contribution in [0.25, 0.3) is 0 Å².